The minimum atomic E-state index is -1.07. The molecular weight excluding hydrogens is 455 g/mol. The Bertz CT molecular complexity index is 773. The molecule has 1 aromatic carbocycles. The van der Waals surface area contributed by atoms with Crippen LogP contribution in [0.25, 0.3) is 5.57 Å². The normalized spacial score (nSPS) is 25.2. The van der Waals surface area contributed by atoms with Crippen LogP contribution in [0.3, 0.4) is 0 Å². The maximum atomic E-state index is 2.66. The summed E-state index contributed by atoms with van der Waals surface area (Å²) in [5.74, 6) is 0. The van der Waals surface area contributed by atoms with Crippen LogP contribution in [0.1, 0.15) is 72.4 Å². The van der Waals surface area contributed by atoms with Crippen LogP contribution in [-0.2, 0) is 26.1 Å². The summed E-state index contributed by atoms with van der Waals surface area (Å²) in [6, 6.07) is 9.19. The molecule has 0 fully saturated rings. The molecule has 0 nitrogen and oxygen atoms in total. The third kappa shape index (κ3) is 2.68. The van der Waals surface area contributed by atoms with Gasteiger partial charge in [-0.3, -0.25) is 0 Å². The molecule has 0 amide bonds. The Balaban J connectivity index is 2.05. The van der Waals surface area contributed by atoms with Gasteiger partial charge in [-0.2, -0.15) is 0 Å². The van der Waals surface area contributed by atoms with Crippen molar-refractivity contribution in [3.8, 4) is 0 Å². The van der Waals surface area contributed by atoms with Crippen LogP contribution in [-0.4, -0.2) is 0 Å². The molecule has 0 heterocycles. The van der Waals surface area contributed by atoms with Crippen LogP contribution < -0.4 is 0 Å². The van der Waals surface area contributed by atoms with Crippen LogP contribution in [0.15, 0.2) is 50.4 Å². The summed E-state index contributed by atoms with van der Waals surface area (Å²) >= 11 is -1.07. The van der Waals surface area contributed by atoms with Crippen molar-refractivity contribution < 1.29 is 22.9 Å². The standard InChI is InChI=1S/C13H15.C10H15.Hf/c1-3-6-11-9-10(2)12-7-4-5-8-13(11)12;1-7-6-10(4,5)9(3)8(7)2;/h4-5,7-9H,3,6H2,1-2H3;1-5H3;. The summed E-state index contributed by atoms with van der Waals surface area (Å²) in [4.78, 5) is 0. The Labute approximate surface area is 159 Å². The predicted octanol–water partition coefficient (Wildman–Crippen LogP) is 6.83. The van der Waals surface area contributed by atoms with Gasteiger partial charge >= 0.3 is 160 Å². The fourth-order valence-electron chi connectivity index (χ4n) is 4.40. The second-order valence-electron chi connectivity index (χ2n) is 8.17. The number of allylic oxidation sites excluding steroid dienone is 6. The number of hydrogen-bond acceptors (Lipinski definition) is 0. The van der Waals surface area contributed by atoms with E-state index in [9.17, 15) is 0 Å². The van der Waals surface area contributed by atoms with Gasteiger partial charge < -0.3 is 0 Å². The van der Waals surface area contributed by atoms with E-state index in [0.717, 1.165) is 0 Å². The molecule has 126 valence electrons. The Hall–Kier alpha value is -0.690. The SMILES string of the molecule is CCCC1=C[C](C)([Hf][C]2=C(C)C(C)=C(C)C2(C)C)c2ccccc21. The fraction of sp³-hybridized carbons (Fsp3) is 0.478. The first-order valence-electron chi connectivity index (χ1n) is 9.22. The second kappa shape index (κ2) is 6.24. The van der Waals surface area contributed by atoms with Gasteiger partial charge in [-0.05, 0) is 0 Å². The molecular formula is C23H30Hf. The van der Waals surface area contributed by atoms with Crippen LogP contribution in [0.4, 0.5) is 0 Å². The van der Waals surface area contributed by atoms with Crippen molar-refractivity contribution >= 4 is 5.57 Å². The molecule has 0 saturated carbocycles. The van der Waals surface area contributed by atoms with Gasteiger partial charge in [0.05, 0.1) is 0 Å². The average molecular weight is 485 g/mol. The molecule has 0 spiro atoms. The molecule has 2 aliphatic rings. The summed E-state index contributed by atoms with van der Waals surface area (Å²) in [5.41, 5.74) is 9.76. The zero-order chi connectivity index (χ0) is 17.7. The van der Waals surface area contributed by atoms with Gasteiger partial charge in [-0.15, -0.1) is 0 Å². The van der Waals surface area contributed by atoms with Crippen LogP contribution in [0.2, 0.25) is 0 Å². The summed E-state index contributed by atoms with van der Waals surface area (Å²) < 4.78 is 2.14. The molecule has 1 unspecified atom stereocenters. The molecule has 2 aliphatic carbocycles. The summed E-state index contributed by atoms with van der Waals surface area (Å²) in [6.07, 6.45) is 5.11. The van der Waals surface area contributed by atoms with Crippen molar-refractivity contribution in [2.24, 2.45) is 5.41 Å². The Morgan fingerprint density at radius 1 is 0.958 bits per heavy atom. The quantitative estimate of drug-likeness (QED) is 0.411. The summed E-state index contributed by atoms with van der Waals surface area (Å²) in [5, 5.41) is 0. The van der Waals surface area contributed by atoms with Crippen LogP contribution in [0.5, 0.6) is 0 Å². The van der Waals surface area contributed by atoms with Gasteiger partial charge in [0, 0.05) is 0 Å². The van der Waals surface area contributed by atoms with E-state index in [0.29, 0.717) is 3.17 Å². The van der Waals surface area contributed by atoms with Crippen molar-refractivity contribution in [1.29, 1.82) is 0 Å². The summed E-state index contributed by atoms with van der Waals surface area (Å²) in [7, 11) is 0. The average Bonchev–Trinajstić information content (AvgIpc) is 2.90. The van der Waals surface area contributed by atoms with Crippen molar-refractivity contribution in [1.82, 2.24) is 0 Å². The monoisotopic (exact) mass is 486 g/mol. The van der Waals surface area contributed by atoms with E-state index >= 15 is 0 Å². The third-order valence-corrected chi connectivity index (χ3v) is 14.1. The Morgan fingerprint density at radius 2 is 1.62 bits per heavy atom. The molecule has 0 saturated heterocycles. The molecule has 0 N–H and O–H groups in total. The molecule has 3 rings (SSSR count). The maximum absolute atomic E-state index is 2.66. The van der Waals surface area contributed by atoms with Crippen molar-refractivity contribution in [2.75, 3.05) is 0 Å². The van der Waals surface area contributed by atoms with Gasteiger partial charge in [-0.25, -0.2) is 0 Å². The first kappa shape index (κ1) is 18.1. The first-order valence-corrected chi connectivity index (χ1v) is 12.8. The number of rotatable bonds is 4. The molecule has 0 bridgehead atoms. The zero-order valence-corrected chi connectivity index (χ0v) is 19.9. The van der Waals surface area contributed by atoms with E-state index in [2.05, 4.69) is 78.8 Å². The van der Waals surface area contributed by atoms with Crippen molar-refractivity contribution in [3.05, 3.63) is 61.5 Å². The number of benzene rings is 1. The van der Waals surface area contributed by atoms with Crippen molar-refractivity contribution in [2.45, 2.75) is 64.5 Å². The van der Waals surface area contributed by atoms with Gasteiger partial charge in [0.15, 0.2) is 0 Å². The number of hydrogen-bond donors (Lipinski definition) is 0. The molecule has 0 aromatic heterocycles. The van der Waals surface area contributed by atoms with Crippen LogP contribution >= 0.6 is 0 Å². The third-order valence-electron chi connectivity index (χ3n) is 6.26. The van der Waals surface area contributed by atoms with Gasteiger partial charge in [0.1, 0.15) is 0 Å². The molecule has 1 aromatic rings. The van der Waals surface area contributed by atoms with E-state index in [-0.39, 0.29) is 5.41 Å². The summed E-state index contributed by atoms with van der Waals surface area (Å²) in [6.45, 7) is 16.8. The van der Waals surface area contributed by atoms with E-state index in [4.69, 9.17) is 0 Å². The van der Waals surface area contributed by atoms with E-state index in [1.165, 1.54) is 18.4 Å². The van der Waals surface area contributed by atoms with Gasteiger partial charge in [-0.1, -0.05) is 0 Å². The topological polar surface area (TPSA) is 0 Å². The molecule has 1 atom stereocenters. The van der Waals surface area contributed by atoms with Crippen LogP contribution in [0, 0.1) is 5.41 Å². The fourth-order valence-corrected chi connectivity index (χ4v) is 11.6. The van der Waals surface area contributed by atoms with E-state index in [1.54, 1.807) is 27.9 Å². The molecule has 24 heavy (non-hydrogen) atoms. The molecule has 1 heteroatoms. The zero-order valence-electron chi connectivity index (χ0n) is 16.3. The van der Waals surface area contributed by atoms with E-state index in [1.807, 2.05) is 3.33 Å². The van der Waals surface area contributed by atoms with Gasteiger partial charge in [0.2, 0.25) is 0 Å². The van der Waals surface area contributed by atoms with Gasteiger partial charge in [0.25, 0.3) is 0 Å². The van der Waals surface area contributed by atoms with E-state index < -0.39 is 22.9 Å². The minimum absolute atomic E-state index is 0.274. The molecule has 0 aliphatic heterocycles. The predicted molar refractivity (Wildman–Crippen MR) is 102 cm³/mol. The first-order chi connectivity index (χ1) is 11.2. The Kier molecular flexibility index (Phi) is 4.71. The Morgan fingerprint density at radius 3 is 2.21 bits per heavy atom. The van der Waals surface area contributed by atoms with Crippen molar-refractivity contribution in [3.63, 3.8) is 0 Å². The number of fused-ring (bicyclic) bond motifs is 1. The second-order valence-corrected chi connectivity index (χ2v) is 14.6. The molecule has 0 radical (unpaired) electrons.